The Morgan fingerprint density at radius 2 is 1.84 bits per heavy atom. The van der Waals surface area contributed by atoms with Crippen molar-refractivity contribution in [2.45, 2.75) is 45.3 Å². The number of ether oxygens (including phenoxy) is 2. The zero-order valence-electron chi connectivity index (χ0n) is 21.6. The van der Waals surface area contributed by atoms with Crippen molar-refractivity contribution in [2.75, 3.05) is 7.11 Å². The zero-order valence-corrected chi connectivity index (χ0v) is 22.4. The highest BCUT2D eigenvalue weighted by Crippen LogP contribution is 2.40. The van der Waals surface area contributed by atoms with Crippen molar-refractivity contribution in [3.8, 4) is 11.5 Å². The number of amides is 1. The lowest BCUT2D eigenvalue weighted by Gasteiger charge is -2.35. The number of methoxy groups -OCH3 is 1. The number of halogens is 1. The van der Waals surface area contributed by atoms with Gasteiger partial charge in [-0.25, -0.2) is 9.38 Å². The zero-order chi connectivity index (χ0) is 26.5. The molecule has 196 valence electrons. The van der Waals surface area contributed by atoms with E-state index < -0.39 is 0 Å². The van der Waals surface area contributed by atoms with E-state index >= 15 is 0 Å². The van der Waals surface area contributed by atoms with Gasteiger partial charge >= 0.3 is 0 Å². The second-order valence-corrected chi connectivity index (χ2v) is 10.7. The van der Waals surface area contributed by atoms with Crippen molar-refractivity contribution in [1.82, 2.24) is 4.90 Å². The number of benzene rings is 3. The van der Waals surface area contributed by atoms with Crippen molar-refractivity contribution in [3.63, 3.8) is 0 Å². The summed E-state index contributed by atoms with van der Waals surface area (Å²) in [6.07, 6.45) is 6.31. The van der Waals surface area contributed by atoms with Gasteiger partial charge in [0, 0.05) is 6.04 Å². The van der Waals surface area contributed by atoms with Crippen LogP contribution in [0, 0.1) is 11.7 Å². The average Bonchev–Trinajstić information content (AvgIpc) is 3.22. The molecule has 38 heavy (non-hydrogen) atoms. The molecule has 3 aromatic carbocycles. The van der Waals surface area contributed by atoms with E-state index in [0.29, 0.717) is 22.3 Å². The minimum absolute atomic E-state index is 0.00571. The van der Waals surface area contributed by atoms with Crippen LogP contribution >= 0.6 is 11.8 Å². The lowest BCUT2D eigenvalue weighted by Crippen LogP contribution is -2.44. The first-order valence-electron chi connectivity index (χ1n) is 12.9. The summed E-state index contributed by atoms with van der Waals surface area (Å²) >= 11 is 1.42. The Morgan fingerprint density at radius 1 is 1.03 bits per heavy atom. The van der Waals surface area contributed by atoms with Crippen LogP contribution in [0.4, 0.5) is 10.1 Å². The van der Waals surface area contributed by atoms with Gasteiger partial charge in [0.05, 0.1) is 17.7 Å². The predicted molar refractivity (Wildman–Crippen MR) is 151 cm³/mol. The molecular weight excluding hydrogens is 499 g/mol. The maximum Gasteiger partial charge on any atom is 0.267 e. The summed E-state index contributed by atoms with van der Waals surface area (Å²) in [5, 5.41) is 0.730. The number of nitrogens with zero attached hydrogens (tertiary/aromatic N) is 2. The van der Waals surface area contributed by atoms with Gasteiger partial charge in [-0.2, -0.15) is 0 Å². The first kappa shape index (κ1) is 26.0. The monoisotopic (exact) mass is 530 g/mol. The molecule has 1 aliphatic carbocycles. The maximum atomic E-state index is 13.7. The topological polar surface area (TPSA) is 51.1 Å². The summed E-state index contributed by atoms with van der Waals surface area (Å²) < 4.78 is 25.0. The molecule has 0 spiro atoms. The lowest BCUT2D eigenvalue weighted by atomic mass is 9.85. The van der Waals surface area contributed by atoms with Gasteiger partial charge in [-0.05, 0) is 84.1 Å². The second kappa shape index (κ2) is 11.9. The van der Waals surface area contributed by atoms with Crippen LogP contribution < -0.4 is 9.47 Å². The van der Waals surface area contributed by atoms with Crippen LogP contribution in [0.1, 0.15) is 43.7 Å². The molecule has 0 N–H and O–H groups in total. The number of aliphatic imine (C=N–C) groups is 1. The Labute approximate surface area is 227 Å². The minimum Gasteiger partial charge on any atom is -0.493 e. The summed E-state index contributed by atoms with van der Waals surface area (Å²) in [6, 6.07) is 21.8. The van der Waals surface area contributed by atoms with E-state index in [9.17, 15) is 9.18 Å². The molecule has 1 saturated heterocycles. The maximum absolute atomic E-state index is 13.7. The van der Waals surface area contributed by atoms with E-state index in [1.165, 1.54) is 30.3 Å². The predicted octanol–water partition coefficient (Wildman–Crippen LogP) is 7.60. The molecule has 0 bridgehead atoms. The number of thioether (sulfide) groups is 1. The van der Waals surface area contributed by atoms with Gasteiger partial charge in [-0.1, -0.05) is 56.2 Å². The number of carbonyl (C=O) groups excluding carboxylic acids is 1. The summed E-state index contributed by atoms with van der Waals surface area (Å²) in [5.74, 6) is 1.21. The van der Waals surface area contributed by atoms with Gasteiger partial charge < -0.3 is 9.47 Å². The quantitative estimate of drug-likeness (QED) is 0.295. The Kier molecular flexibility index (Phi) is 8.13. The average molecular weight is 531 g/mol. The normalized spacial score (nSPS) is 21.8. The molecule has 5 rings (SSSR count). The van der Waals surface area contributed by atoms with Gasteiger partial charge in [0.1, 0.15) is 12.4 Å². The SMILES string of the molecule is COc1cc(/C=C2\SC(=Nc3ccccc3)N([C@@H]3CCCC[C@@H]3C)C2=O)ccc1OCc1cccc(F)c1. The number of carbonyl (C=O) groups is 1. The van der Waals surface area contributed by atoms with Crippen molar-refractivity contribution < 1.29 is 18.7 Å². The van der Waals surface area contributed by atoms with Crippen LogP contribution in [-0.2, 0) is 11.4 Å². The Bertz CT molecular complexity index is 1360. The van der Waals surface area contributed by atoms with Crippen molar-refractivity contribution in [3.05, 3.63) is 94.6 Å². The van der Waals surface area contributed by atoms with E-state index in [0.717, 1.165) is 41.2 Å². The Balaban J connectivity index is 1.41. The molecule has 2 atom stereocenters. The number of hydrogen-bond acceptors (Lipinski definition) is 5. The third-order valence-corrected chi connectivity index (χ3v) is 7.97. The molecular formula is C31H31FN2O3S. The molecule has 3 aromatic rings. The Hall–Kier alpha value is -3.58. The molecule has 1 saturated carbocycles. The van der Waals surface area contributed by atoms with Crippen LogP contribution in [0.25, 0.3) is 6.08 Å². The van der Waals surface area contributed by atoms with Crippen molar-refractivity contribution in [1.29, 1.82) is 0 Å². The van der Waals surface area contributed by atoms with Gasteiger partial charge in [0.2, 0.25) is 0 Å². The second-order valence-electron chi connectivity index (χ2n) is 9.67. The highest BCUT2D eigenvalue weighted by atomic mass is 32.2. The van der Waals surface area contributed by atoms with Crippen LogP contribution in [0.2, 0.25) is 0 Å². The number of amidine groups is 1. The fourth-order valence-corrected chi connectivity index (χ4v) is 6.03. The number of hydrogen-bond donors (Lipinski definition) is 0. The van der Waals surface area contributed by atoms with Crippen molar-refractivity contribution >= 4 is 34.6 Å². The van der Waals surface area contributed by atoms with Gasteiger partial charge in [0.15, 0.2) is 16.7 Å². The fourth-order valence-electron chi connectivity index (χ4n) is 4.98. The molecule has 0 radical (unpaired) electrons. The van der Waals surface area contributed by atoms with Gasteiger partial charge in [-0.3, -0.25) is 9.69 Å². The summed E-state index contributed by atoms with van der Waals surface area (Å²) in [7, 11) is 1.58. The van der Waals surface area contributed by atoms with E-state index in [1.54, 1.807) is 13.2 Å². The smallest absolute Gasteiger partial charge is 0.267 e. The molecule has 5 nitrogen and oxygen atoms in total. The van der Waals surface area contributed by atoms with Crippen LogP contribution in [-0.4, -0.2) is 29.1 Å². The first-order valence-corrected chi connectivity index (χ1v) is 13.8. The molecule has 0 aromatic heterocycles. The first-order chi connectivity index (χ1) is 18.5. The highest BCUT2D eigenvalue weighted by Gasteiger charge is 2.41. The van der Waals surface area contributed by atoms with Crippen LogP contribution in [0.5, 0.6) is 11.5 Å². The van der Waals surface area contributed by atoms with Gasteiger partial charge in [-0.15, -0.1) is 0 Å². The molecule has 1 aliphatic heterocycles. The molecule has 0 unspecified atom stereocenters. The summed E-state index contributed by atoms with van der Waals surface area (Å²) in [6.45, 7) is 2.45. The third-order valence-electron chi connectivity index (χ3n) is 6.98. The minimum atomic E-state index is -0.300. The number of rotatable bonds is 7. The van der Waals surface area contributed by atoms with Gasteiger partial charge in [0.25, 0.3) is 5.91 Å². The largest absolute Gasteiger partial charge is 0.493 e. The van der Waals surface area contributed by atoms with E-state index in [-0.39, 0.29) is 24.4 Å². The van der Waals surface area contributed by atoms with E-state index in [1.807, 2.05) is 65.6 Å². The molecule has 7 heteroatoms. The van der Waals surface area contributed by atoms with Crippen LogP contribution in [0.15, 0.2) is 82.7 Å². The summed E-state index contributed by atoms with van der Waals surface area (Å²) in [4.78, 5) is 21.2. The number of para-hydroxylation sites is 1. The molecule has 1 amide bonds. The summed E-state index contributed by atoms with van der Waals surface area (Å²) in [5.41, 5.74) is 2.39. The van der Waals surface area contributed by atoms with Crippen LogP contribution in [0.3, 0.4) is 0 Å². The van der Waals surface area contributed by atoms with Crippen molar-refractivity contribution in [2.24, 2.45) is 10.9 Å². The third kappa shape index (κ3) is 5.94. The molecule has 1 heterocycles. The molecule has 2 fully saturated rings. The lowest BCUT2D eigenvalue weighted by molar-refractivity contribution is -0.124. The Morgan fingerprint density at radius 3 is 2.61 bits per heavy atom. The van der Waals surface area contributed by atoms with E-state index in [4.69, 9.17) is 14.5 Å². The van der Waals surface area contributed by atoms with E-state index in [2.05, 4.69) is 6.92 Å². The fraction of sp³-hybridized carbons (Fsp3) is 0.290. The highest BCUT2D eigenvalue weighted by molar-refractivity contribution is 8.18. The molecule has 2 aliphatic rings. The standard InChI is InChI=1S/C31H31FN2O3S/c1-21-9-6-7-14-26(21)34-30(35)29(38-31(34)33-25-12-4-3-5-13-25)19-22-15-16-27(28(18-22)36-2)37-20-23-10-8-11-24(32)17-23/h3-5,8,10-13,15-19,21,26H,6-7,9,14,20H2,1-2H3/b29-19-,33-31?/t21-,26+/m0/s1.